The van der Waals surface area contributed by atoms with Crippen LogP contribution in [0.3, 0.4) is 0 Å². The van der Waals surface area contributed by atoms with Crippen LogP contribution in [-0.2, 0) is 17.9 Å². The number of pyridine rings is 1. The third-order valence-electron chi connectivity index (χ3n) is 5.49. The van der Waals surface area contributed by atoms with E-state index in [0.29, 0.717) is 11.4 Å². The van der Waals surface area contributed by atoms with Crippen LogP contribution >= 0.6 is 0 Å². The molecule has 5 aromatic rings. The lowest BCUT2D eigenvalue weighted by molar-refractivity contribution is -0.118. The average Bonchev–Trinajstić information content (AvgIpc) is 3.38. The zero-order valence-electron chi connectivity index (χ0n) is 19.9. The molecule has 9 heteroatoms. The Labute approximate surface area is 213 Å². The van der Waals surface area contributed by atoms with Gasteiger partial charge in [0.2, 0.25) is 0 Å². The number of Topliss-reactive ketones (excluding diaryl/α,β-unsaturated/α-hetero) is 1. The number of nitrogens with one attached hydrogen (secondary N) is 1. The Balaban J connectivity index is 1.09. The van der Waals surface area contributed by atoms with E-state index in [9.17, 15) is 9.90 Å². The van der Waals surface area contributed by atoms with Crippen molar-refractivity contribution in [3.8, 4) is 11.5 Å². The summed E-state index contributed by atoms with van der Waals surface area (Å²) in [5, 5.41) is 21.5. The maximum Gasteiger partial charge on any atom is 0.173 e. The number of hydrogen-bond acceptors (Lipinski definition) is 8. The lowest BCUT2D eigenvalue weighted by atomic mass is 10.2. The van der Waals surface area contributed by atoms with Crippen LogP contribution in [-0.4, -0.2) is 43.6 Å². The molecule has 0 saturated heterocycles. The Kier molecular flexibility index (Phi) is 7.12. The van der Waals surface area contributed by atoms with Gasteiger partial charge in [-0.3, -0.25) is 14.8 Å². The summed E-state index contributed by atoms with van der Waals surface area (Å²) in [7, 11) is 0. The first-order valence-corrected chi connectivity index (χ1v) is 11.7. The van der Waals surface area contributed by atoms with Crippen LogP contribution in [0.2, 0.25) is 0 Å². The molecule has 3 aromatic carbocycles. The molecule has 0 spiro atoms. The largest absolute Gasteiger partial charge is 0.508 e. The quantitative estimate of drug-likeness (QED) is 0.217. The molecule has 2 aromatic heterocycles. The van der Waals surface area contributed by atoms with E-state index >= 15 is 0 Å². The summed E-state index contributed by atoms with van der Waals surface area (Å²) >= 11 is 0. The van der Waals surface area contributed by atoms with Crippen LogP contribution < -0.4 is 10.1 Å². The highest BCUT2D eigenvalue weighted by Crippen LogP contribution is 2.19. The number of ether oxygens (including phenoxy) is 1. The van der Waals surface area contributed by atoms with Crippen molar-refractivity contribution in [1.82, 2.24) is 20.0 Å². The molecular formula is C28H24N6O3. The van der Waals surface area contributed by atoms with E-state index in [1.54, 1.807) is 42.9 Å². The monoisotopic (exact) mass is 492 g/mol. The van der Waals surface area contributed by atoms with Gasteiger partial charge in [-0.15, -0.1) is 5.10 Å². The second kappa shape index (κ2) is 11.1. The smallest absolute Gasteiger partial charge is 0.173 e. The second-order valence-electron chi connectivity index (χ2n) is 8.35. The highest BCUT2D eigenvalue weighted by atomic mass is 16.5. The van der Waals surface area contributed by atoms with Gasteiger partial charge in [0.15, 0.2) is 5.78 Å². The predicted octanol–water partition coefficient (Wildman–Crippen LogP) is 4.54. The first-order chi connectivity index (χ1) is 18.1. The number of benzene rings is 3. The number of aromatic hydroxyl groups is 1. The van der Waals surface area contributed by atoms with Crippen molar-refractivity contribution < 1.29 is 14.6 Å². The van der Waals surface area contributed by atoms with Crippen LogP contribution in [0.5, 0.6) is 11.5 Å². The van der Waals surface area contributed by atoms with Gasteiger partial charge in [0.05, 0.1) is 30.1 Å². The third-order valence-corrected chi connectivity index (χ3v) is 5.49. The molecule has 37 heavy (non-hydrogen) atoms. The number of carbonyl (C=O) groups is 1. The maximum absolute atomic E-state index is 12.2. The van der Waals surface area contributed by atoms with Crippen molar-refractivity contribution in [1.29, 1.82) is 0 Å². The summed E-state index contributed by atoms with van der Waals surface area (Å²) in [6.45, 7) is 0.471. The Bertz CT molecular complexity index is 1530. The number of anilines is 1. The summed E-state index contributed by atoms with van der Waals surface area (Å²) < 4.78 is 7.29. The molecule has 0 unspecified atom stereocenters. The van der Waals surface area contributed by atoms with Gasteiger partial charge in [0, 0.05) is 17.3 Å². The van der Waals surface area contributed by atoms with Crippen LogP contribution in [0, 0.1) is 0 Å². The Morgan fingerprint density at radius 3 is 2.70 bits per heavy atom. The number of phenols is 1. The fourth-order valence-corrected chi connectivity index (χ4v) is 3.58. The zero-order valence-corrected chi connectivity index (χ0v) is 19.9. The first kappa shape index (κ1) is 23.7. The number of rotatable bonds is 10. The summed E-state index contributed by atoms with van der Waals surface area (Å²) in [6, 6.07) is 24.0. The molecule has 2 N–H and O–H groups in total. The lowest BCUT2D eigenvalue weighted by Gasteiger charge is -2.05. The fourth-order valence-electron chi connectivity index (χ4n) is 3.58. The number of aliphatic imine (C=N–C) groups is 1. The topological polar surface area (TPSA) is 115 Å². The van der Waals surface area contributed by atoms with E-state index < -0.39 is 0 Å². The molecule has 0 aliphatic rings. The predicted molar refractivity (Wildman–Crippen MR) is 141 cm³/mol. The number of nitrogens with zero attached hydrogens (tertiary/aromatic N) is 5. The fraction of sp³-hybridized carbons (Fsp3) is 0.107. The lowest BCUT2D eigenvalue weighted by Crippen LogP contribution is -2.19. The summed E-state index contributed by atoms with van der Waals surface area (Å²) in [4.78, 5) is 21.2. The van der Waals surface area contributed by atoms with E-state index in [2.05, 4.69) is 25.6 Å². The number of carbonyl (C=O) groups excluding carboxylic acids is 1. The SMILES string of the molecule is O=C(CNc1ccc(O)cc1)Cn1cc(COc2ccc(C=Nc3cnc4ccccc4c3)cc2)nn1. The van der Waals surface area contributed by atoms with Crippen molar-refractivity contribution in [2.75, 3.05) is 11.9 Å². The average molecular weight is 493 g/mol. The number of fused-ring (bicyclic) bond motifs is 1. The highest BCUT2D eigenvalue weighted by Gasteiger charge is 2.07. The number of aromatic nitrogens is 4. The molecule has 0 atom stereocenters. The van der Waals surface area contributed by atoms with Gasteiger partial charge in [0.1, 0.15) is 30.3 Å². The van der Waals surface area contributed by atoms with Crippen molar-refractivity contribution in [2.24, 2.45) is 4.99 Å². The van der Waals surface area contributed by atoms with Crippen molar-refractivity contribution >= 4 is 34.3 Å². The van der Waals surface area contributed by atoms with Gasteiger partial charge in [-0.2, -0.15) is 0 Å². The third kappa shape index (κ3) is 6.55. The molecule has 0 fully saturated rings. The minimum atomic E-state index is -0.0535. The van der Waals surface area contributed by atoms with Crippen LogP contribution in [0.1, 0.15) is 11.3 Å². The molecule has 0 aliphatic carbocycles. The minimum absolute atomic E-state index is 0.0535. The summed E-state index contributed by atoms with van der Waals surface area (Å²) in [5.41, 5.74) is 4.04. The van der Waals surface area contributed by atoms with Crippen molar-refractivity contribution in [2.45, 2.75) is 13.2 Å². The second-order valence-corrected chi connectivity index (χ2v) is 8.35. The summed E-state index contributed by atoms with van der Waals surface area (Å²) in [5.74, 6) is 0.809. The minimum Gasteiger partial charge on any atom is -0.508 e. The molecule has 9 nitrogen and oxygen atoms in total. The normalized spacial score (nSPS) is 11.1. The molecule has 2 heterocycles. The summed E-state index contributed by atoms with van der Waals surface area (Å²) in [6.07, 6.45) is 5.23. The zero-order chi connectivity index (χ0) is 25.5. The number of ketones is 1. The highest BCUT2D eigenvalue weighted by molar-refractivity contribution is 5.85. The molecule has 0 radical (unpaired) electrons. The van der Waals surface area contributed by atoms with Gasteiger partial charge in [0.25, 0.3) is 0 Å². The first-order valence-electron chi connectivity index (χ1n) is 11.7. The van der Waals surface area contributed by atoms with E-state index in [-0.39, 0.29) is 31.2 Å². The molecule has 0 aliphatic heterocycles. The van der Waals surface area contributed by atoms with Crippen molar-refractivity contribution in [3.63, 3.8) is 0 Å². The maximum atomic E-state index is 12.2. The standard InChI is InChI=1S/C28H24N6O3/c35-25-9-7-22(8-10-25)30-16-26(36)18-34-17-24(32-33-34)19-37-27-11-5-20(6-12-27)14-29-23-13-21-3-1-2-4-28(21)31-15-23/h1-15,17,30,35H,16,18-19H2. The molecule has 0 amide bonds. The Morgan fingerprint density at radius 2 is 1.86 bits per heavy atom. The van der Waals surface area contributed by atoms with Gasteiger partial charge >= 0.3 is 0 Å². The number of phenolic OH excluding ortho intramolecular Hbond substituents is 1. The van der Waals surface area contributed by atoms with E-state index in [1.807, 2.05) is 54.6 Å². The number of hydrogen-bond donors (Lipinski definition) is 2. The molecule has 184 valence electrons. The molecule has 0 bridgehead atoms. The Hall–Kier alpha value is -5.05. The van der Waals surface area contributed by atoms with Gasteiger partial charge in [-0.1, -0.05) is 23.4 Å². The van der Waals surface area contributed by atoms with Crippen LogP contribution in [0.15, 0.2) is 96.2 Å². The van der Waals surface area contributed by atoms with Gasteiger partial charge in [-0.25, -0.2) is 4.68 Å². The molecule has 5 rings (SSSR count). The van der Waals surface area contributed by atoms with Crippen LogP contribution in [0.25, 0.3) is 10.9 Å². The number of para-hydroxylation sites is 1. The van der Waals surface area contributed by atoms with E-state index in [0.717, 1.165) is 27.8 Å². The van der Waals surface area contributed by atoms with Gasteiger partial charge in [-0.05, 0) is 66.2 Å². The molecular weight excluding hydrogens is 468 g/mol. The van der Waals surface area contributed by atoms with Crippen LogP contribution in [0.4, 0.5) is 11.4 Å². The molecule has 0 saturated carbocycles. The van der Waals surface area contributed by atoms with Gasteiger partial charge < -0.3 is 15.2 Å². The van der Waals surface area contributed by atoms with Crippen molar-refractivity contribution in [3.05, 3.63) is 103 Å². The Morgan fingerprint density at radius 1 is 1.05 bits per heavy atom. The van der Waals surface area contributed by atoms with E-state index in [1.165, 1.54) is 4.68 Å². The van der Waals surface area contributed by atoms with E-state index in [4.69, 9.17) is 4.74 Å².